The monoisotopic (exact) mass is 526 g/mol. The third kappa shape index (κ3) is 7.68. The van der Waals surface area contributed by atoms with E-state index in [2.05, 4.69) is 11.1 Å². The first-order chi connectivity index (χ1) is 14.9. The van der Waals surface area contributed by atoms with E-state index < -0.39 is 10.0 Å². The van der Waals surface area contributed by atoms with Crippen LogP contribution in [0.5, 0.6) is 0 Å². The second-order valence-corrected chi connectivity index (χ2v) is 9.48. The molecule has 3 rings (SSSR count). The Morgan fingerprint density at radius 2 is 1.82 bits per heavy atom. The summed E-state index contributed by atoms with van der Waals surface area (Å²) in [5.74, 6) is 0. The molecule has 1 aromatic heterocycles. The summed E-state index contributed by atoms with van der Waals surface area (Å²) in [6.45, 7) is 1.43. The molecule has 0 aliphatic carbocycles. The van der Waals surface area contributed by atoms with Crippen molar-refractivity contribution in [3.8, 4) is 6.07 Å². The number of benzene rings is 2. The molecule has 1 heterocycles. The molecule has 2 aromatic carbocycles. The number of rotatable bonds is 9. The first-order valence-corrected chi connectivity index (χ1v) is 11.5. The number of likely N-dealkylation sites (N-methyl/N-ethyl adjacent to an activating group) is 1. The average molecular weight is 528 g/mol. The molecule has 0 aliphatic heterocycles. The van der Waals surface area contributed by atoms with Crippen LogP contribution < -0.4 is 0 Å². The highest BCUT2D eigenvalue weighted by atomic mass is 35.5. The first kappa shape index (κ1) is 28.9. The quantitative estimate of drug-likeness (QED) is 0.370. The fourth-order valence-corrected chi connectivity index (χ4v) is 4.63. The van der Waals surface area contributed by atoms with Crippen molar-refractivity contribution in [3.63, 3.8) is 0 Å². The van der Waals surface area contributed by atoms with Crippen molar-refractivity contribution in [1.29, 1.82) is 5.26 Å². The molecular formula is C23H25Cl3N4O2S. The molecule has 6 nitrogen and oxygen atoms in total. The van der Waals surface area contributed by atoms with E-state index in [4.69, 9.17) is 16.9 Å². The molecule has 33 heavy (non-hydrogen) atoms. The van der Waals surface area contributed by atoms with Gasteiger partial charge in [-0.1, -0.05) is 48.0 Å². The number of aromatic nitrogens is 1. The fraction of sp³-hybridized carbons (Fsp3) is 0.217. The van der Waals surface area contributed by atoms with Gasteiger partial charge in [-0.25, -0.2) is 8.42 Å². The SMILES string of the molecule is CN(CCN(CC#N)CC=Cc1ccc(Cl)cc1)S(=O)(=O)c1cccc2cnccc12.Cl.Cl. The van der Waals surface area contributed by atoms with Gasteiger partial charge in [-0.3, -0.25) is 9.88 Å². The molecule has 0 atom stereocenters. The minimum absolute atomic E-state index is 0. The van der Waals surface area contributed by atoms with Crippen LogP contribution in [0.2, 0.25) is 5.02 Å². The van der Waals surface area contributed by atoms with Crippen molar-refractivity contribution in [3.05, 3.63) is 77.6 Å². The Hall–Kier alpha value is -2.18. The Bertz CT molecular complexity index is 1210. The van der Waals surface area contributed by atoms with Gasteiger partial charge in [-0.05, 0) is 29.8 Å². The van der Waals surface area contributed by atoms with E-state index in [1.807, 2.05) is 47.4 Å². The lowest BCUT2D eigenvalue weighted by Gasteiger charge is -2.23. The van der Waals surface area contributed by atoms with Gasteiger partial charge in [-0.2, -0.15) is 9.57 Å². The van der Waals surface area contributed by atoms with E-state index >= 15 is 0 Å². The highest BCUT2D eigenvalue weighted by molar-refractivity contribution is 7.89. The minimum atomic E-state index is -3.68. The number of sulfonamides is 1. The predicted octanol–water partition coefficient (Wildman–Crippen LogP) is 4.89. The lowest BCUT2D eigenvalue weighted by Crippen LogP contribution is -2.36. The Labute approximate surface area is 212 Å². The van der Waals surface area contributed by atoms with Crippen LogP contribution in [0.15, 0.2) is 71.9 Å². The topological polar surface area (TPSA) is 77.3 Å². The zero-order valence-corrected chi connectivity index (χ0v) is 21.2. The molecule has 0 N–H and O–H groups in total. The number of nitrogens with zero attached hydrogens (tertiary/aromatic N) is 4. The van der Waals surface area contributed by atoms with Crippen LogP contribution >= 0.6 is 36.4 Å². The maximum Gasteiger partial charge on any atom is 0.243 e. The molecule has 0 saturated heterocycles. The Morgan fingerprint density at radius 3 is 2.52 bits per heavy atom. The van der Waals surface area contributed by atoms with Crippen LogP contribution in [0.4, 0.5) is 0 Å². The van der Waals surface area contributed by atoms with E-state index in [1.54, 1.807) is 37.6 Å². The smallest absolute Gasteiger partial charge is 0.243 e. The van der Waals surface area contributed by atoms with E-state index in [-0.39, 0.29) is 42.8 Å². The lowest BCUT2D eigenvalue weighted by molar-refractivity contribution is 0.310. The van der Waals surface area contributed by atoms with Crippen LogP contribution in [-0.2, 0) is 10.0 Å². The number of pyridine rings is 1. The largest absolute Gasteiger partial charge is 0.286 e. The molecule has 176 valence electrons. The van der Waals surface area contributed by atoms with E-state index in [0.717, 1.165) is 10.9 Å². The molecule has 0 bridgehead atoms. The van der Waals surface area contributed by atoms with Gasteiger partial charge in [0.05, 0.1) is 17.5 Å². The van der Waals surface area contributed by atoms with Gasteiger partial charge in [0.15, 0.2) is 0 Å². The normalized spacial score (nSPS) is 11.4. The molecule has 0 fully saturated rings. The number of fused-ring (bicyclic) bond motifs is 1. The molecule has 0 radical (unpaired) electrons. The summed E-state index contributed by atoms with van der Waals surface area (Å²) in [6, 6.07) is 16.5. The van der Waals surface area contributed by atoms with Gasteiger partial charge < -0.3 is 0 Å². The van der Waals surface area contributed by atoms with Crippen LogP contribution in [0, 0.1) is 11.3 Å². The third-order valence-electron chi connectivity index (χ3n) is 4.90. The molecule has 0 saturated carbocycles. The van der Waals surface area contributed by atoms with Gasteiger partial charge in [0.2, 0.25) is 10.0 Å². The Balaban J connectivity index is 0.00000272. The number of hydrogen-bond acceptors (Lipinski definition) is 5. The molecule has 10 heteroatoms. The number of halogens is 3. The van der Waals surface area contributed by atoms with Crippen LogP contribution in [0.3, 0.4) is 0 Å². The molecule has 3 aromatic rings. The zero-order valence-electron chi connectivity index (χ0n) is 18.0. The van der Waals surface area contributed by atoms with Gasteiger partial charge in [0.1, 0.15) is 0 Å². The van der Waals surface area contributed by atoms with Crippen LogP contribution in [0.1, 0.15) is 5.56 Å². The van der Waals surface area contributed by atoms with Gasteiger partial charge >= 0.3 is 0 Å². The van der Waals surface area contributed by atoms with E-state index in [1.165, 1.54) is 4.31 Å². The maximum atomic E-state index is 13.1. The zero-order chi connectivity index (χ0) is 22.3. The molecule has 0 unspecified atom stereocenters. The maximum absolute atomic E-state index is 13.1. The Kier molecular flexibility index (Phi) is 11.8. The average Bonchev–Trinajstić information content (AvgIpc) is 2.78. The molecule has 0 aliphatic rings. The third-order valence-corrected chi connectivity index (χ3v) is 7.07. The van der Waals surface area contributed by atoms with Gasteiger partial charge in [-0.15, -0.1) is 24.8 Å². The lowest BCUT2D eigenvalue weighted by atomic mass is 10.2. The standard InChI is InChI=1S/C23H23ClN4O2S.2ClH/c1-27(31(29,30)23-6-2-5-20-18-26-13-11-22(20)23)16-17-28(15-12-25)14-3-4-19-7-9-21(24)10-8-19;;/h2-11,13,18H,14-17H2,1H3;2*1H. The van der Waals surface area contributed by atoms with Gasteiger partial charge in [0.25, 0.3) is 0 Å². The van der Waals surface area contributed by atoms with Crippen molar-refractivity contribution in [2.75, 3.05) is 33.2 Å². The number of hydrogen-bond donors (Lipinski definition) is 0. The van der Waals surface area contributed by atoms with Crippen molar-refractivity contribution in [2.24, 2.45) is 0 Å². The van der Waals surface area contributed by atoms with E-state index in [9.17, 15) is 8.42 Å². The van der Waals surface area contributed by atoms with Crippen molar-refractivity contribution in [2.45, 2.75) is 4.90 Å². The Morgan fingerprint density at radius 1 is 1.09 bits per heavy atom. The summed E-state index contributed by atoms with van der Waals surface area (Å²) in [4.78, 5) is 6.21. The van der Waals surface area contributed by atoms with Crippen molar-refractivity contribution < 1.29 is 8.42 Å². The van der Waals surface area contributed by atoms with Crippen LogP contribution in [-0.4, -0.2) is 55.8 Å². The van der Waals surface area contributed by atoms with E-state index in [0.29, 0.717) is 23.5 Å². The highest BCUT2D eigenvalue weighted by Crippen LogP contribution is 2.24. The summed E-state index contributed by atoms with van der Waals surface area (Å²) in [6.07, 6.45) is 7.14. The second kappa shape index (κ2) is 13.5. The van der Waals surface area contributed by atoms with Gasteiger partial charge in [0, 0.05) is 54.9 Å². The predicted molar refractivity (Wildman–Crippen MR) is 139 cm³/mol. The molecule has 0 amide bonds. The summed E-state index contributed by atoms with van der Waals surface area (Å²) in [5.41, 5.74) is 1.01. The highest BCUT2D eigenvalue weighted by Gasteiger charge is 2.23. The number of nitriles is 1. The van der Waals surface area contributed by atoms with Crippen molar-refractivity contribution in [1.82, 2.24) is 14.2 Å². The summed E-state index contributed by atoms with van der Waals surface area (Å²) < 4.78 is 27.6. The summed E-state index contributed by atoms with van der Waals surface area (Å²) >= 11 is 5.90. The minimum Gasteiger partial charge on any atom is -0.286 e. The second-order valence-electron chi connectivity index (χ2n) is 7.03. The summed E-state index contributed by atoms with van der Waals surface area (Å²) in [5, 5.41) is 11.2. The van der Waals surface area contributed by atoms with Crippen LogP contribution in [0.25, 0.3) is 16.8 Å². The molecule has 0 spiro atoms. The first-order valence-electron chi connectivity index (χ1n) is 9.72. The van der Waals surface area contributed by atoms with Crippen molar-refractivity contribution >= 4 is 63.3 Å². The molecular weight excluding hydrogens is 503 g/mol. The fourth-order valence-electron chi connectivity index (χ4n) is 3.13. The summed E-state index contributed by atoms with van der Waals surface area (Å²) in [7, 11) is -2.12.